The molecule has 12 heavy (non-hydrogen) atoms. The molecule has 1 aromatic rings. The van der Waals surface area contributed by atoms with Crippen molar-refractivity contribution in [2.24, 2.45) is 0 Å². The van der Waals surface area contributed by atoms with Gasteiger partial charge in [0.25, 0.3) is 0 Å². The molecule has 0 aromatic carbocycles. The maximum absolute atomic E-state index is 12.8. The minimum absolute atomic E-state index is 0.270. The number of hydrogen-bond donors (Lipinski definition) is 0. The lowest BCUT2D eigenvalue weighted by molar-refractivity contribution is 0.326. The summed E-state index contributed by atoms with van der Waals surface area (Å²) in [5.74, 6) is 0. The topological polar surface area (TPSA) is 17.8 Å². The van der Waals surface area contributed by atoms with Crippen LogP contribution in [0.25, 0.3) is 0 Å². The molecular formula is C8H10BrFN2. The van der Waals surface area contributed by atoms with Crippen molar-refractivity contribution >= 4 is 15.9 Å². The highest BCUT2D eigenvalue weighted by atomic mass is 79.9. The lowest BCUT2D eigenvalue weighted by Gasteiger charge is -2.08. The van der Waals surface area contributed by atoms with Crippen molar-refractivity contribution in [1.29, 1.82) is 0 Å². The monoisotopic (exact) mass is 232 g/mol. The molecule has 2 unspecified atom stereocenters. The van der Waals surface area contributed by atoms with Crippen molar-refractivity contribution in [3.63, 3.8) is 0 Å². The van der Waals surface area contributed by atoms with Crippen LogP contribution < -0.4 is 0 Å². The molecule has 4 heteroatoms. The molecule has 2 nitrogen and oxygen atoms in total. The van der Waals surface area contributed by atoms with E-state index in [0.717, 1.165) is 10.9 Å². The van der Waals surface area contributed by atoms with Gasteiger partial charge in [0.2, 0.25) is 0 Å². The second-order valence-electron chi connectivity index (χ2n) is 3.20. The number of nitrogens with zero attached hydrogens (tertiary/aromatic N) is 2. The van der Waals surface area contributed by atoms with Gasteiger partial charge in [0.1, 0.15) is 6.17 Å². The highest BCUT2D eigenvalue weighted by molar-refractivity contribution is 9.10. The Bertz CT molecular complexity index is 274. The van der Waals surface area contributed by atoms with Gasteiger partial charge in [-0.15, -0.1) is 0 Å². The van der Waals surface area contributed by atoms with Gasteiger partial charge < -0.3 is 0 Å². The van der Waals surface area contributed by atoms with Crippen LogP contribution in [-0.4, -0.2) is 16.0 Å². The van der Waals surface area contributed by atoms with Crippen LogP contribution >= 0.6 is 15.9 Å². The van der Waals surface area contributed by atoms with Gasteiger partial charge in [-0.1, -0.05) is 0 Å². The Balaban J connectivity index is 2.11. The zero-order valence-electron chi connectivity index (χ0n) is 6.58. The van der Waals surface area contributed by atoms with Gasteiger partial charge >= 0.3 is 0 Å². The number of alkyl halides is 1. The normalized spacial score (nSPS) is 29.5. The minimum atomic E-state index is -0.627. The molecule has 1 aromatic heterocycles. The third kappa shape index (κ3) is 1.53. The molecule has 2 atom stereocenters. The highest BCUT2D eigenvalue weighted by Crippen LogP contribution is 2.31. The predicted octanol–water partition coefficient (Wildman–Crippen LogP) is 2.71. The first-order chi connectivity index (χ1) is 5.75. The molecule has 0 saturated heterocycles. The number of rotatable bonds is 1. The Labute approximate surface area is 78.9 Å². The Kier molecular flexibility index (Phi) is 2.17. The lowest BCUT2D eigenvalue weighted by atomic mass is 10.2. The molecule has 1 fully saturated rings. The molecule has 0 aliphatic heterocycles. The van der Waals surface area contributed by atoms with E-state index in [-0.39, 0.29) is 6.04 Å². The average molecular weight is 233 g/mol. The molecule has 2 rings (SSSR count). The standard InChI is InChI=1S/C8H10BrFN2/c9-6-4-11-12(5-6)8-2-1-7(10)3-8/h4-5,7-8H,1-3H2. The fourth-order valence-corrected chi connectivity index (χ4v) is 1.96. The zero-order valence-corrected chi connectivity index (χ0v) is 8.17. The van der Waals surface area contributed by atoms with Crippen molar-refractivity contribution in [3.05, 3.63) is 16.9 Å². The summed E-state index contributed by atoms with van der Waals surface area (Å²) in [6.45, 7) is 0. The van der Waals surface area contributed by atoms with E-state index in [0.29, 0.717) is 12.8 Å². The van der Waals surface area contributed by atoms with Crippen molar-refractivity contribution in [2.75, 3.05) is 0 Å². The number of halogens is 2. The predicted molar refractivity (Wildman–Crippen MR) is 47.7 cm³/mol. The molecule has 0 radical (unpaired) electrons. The lowest BCUT2D eigenvalue weighted by Crippen LogP contribution is -2.05. The average Bonchev–Trinajstić information content (AvgIpc) is 2.58. The molecule has 1 aliphatic rings. The number of hydrogen-bond acceptors (Lipinski definition) is 1. The largest absolute Gasteiger partial charge is 0.268 e. The van der Waals surface area contributed by atoms with Gasteiger partial charge in [-0.2, -0.15) is 5.10 Å². The van der Waals surface area contributed by atoms with Gasteiger partial charge in [-0.3, -0.25) is 4.68 Å². The highest BCUT2D eigenvalue weighted by Gasteiger charge is 2.25. The summed E-state index contributed by atoms with van der Waals surface area (Å²) in [7, 11) is 0. The summed E-state index contributed by atoms with van der Waals surface area (Å²) in [6.07, 6.45) is 5.23. The SMILES string of the molecule is FC1CCC(n2cc(Br)cn2)C1. The Hall–Kier alpha value is -0.380. The second-order valence-corrected chi connectivity index (χ2v) is 4.12. The quantitative estimate of drug-likeness (QED) is 0.729. The van der Waals surface area contributed by atoms with Crippen molar-refractivity contribution in [2.45, 2.75) is 31.5 Å². The molecule has 0 bridgehead atoms. The molecule has 0 spiro atoms. The first-order valence-electron chi connectivity index (χ1n) is 4.09. The van der Waals surface area contributed by atoms with Crippen LogP contribution in [0.5, 0.6) is 0 Å². The second kappa shape index (κ2) is 3.17. The van der Waals surface area contributed by atoms with Gasteiger partial charge in [-0.25, -0.2) is 4.39 Å². The Morgan fingerprint density at radius 3 is 2.92 bits per heavy atom. The summed E-state index contributed by atoms with van der Waals surface area (Å²) in [4.78, 5) is 0. The van der Waals surface area contributed by atoms with Crippen LogP contribution in [0, 0.1) is 0 Å². The van der Waals surface area contributed by atoms with E-state index in [1.54, 1.807) is 6.20 Å². The van der Waals surface area contributed by atoms with Crippen molar-refractivity contribution in [1.82, 2.24) is 9.78 Å². The van der Waals surface area contributed by atoms with Crippen molar-refractivity contribution < 1.29 is 4.39 Å². The molecule has 0 amide bonds. The van der Waals surface area contributed by atoms with Crippen LogP contribution in [0.2, 0.25) is 0 Å². The maximum atomic E-state index is 12.8. The Morgan fingerprint density at radius 1 is 1.58 bits per heavy atom. The van der Waals surface area contributed by atoms with E-state index in [1.165, 1.54) is 0 Å². The van der Waals surface area contributed by atoms with E-state index in [1.807, 2.05) is 10.9 Å². The fraction of sp³-hybridized carbons (Fsp3) is 0.625. The molecule has 66 valence electrons. The molecule has 1 heterocycles. The van der Waals surface area contributed by atoms with E-state index in [2.05, 4.69) is 21.0 Å². The maximum Gasteiger partial charge on any atom is 0.102 e. The van der Waals surface area contributed by atoms with Gasteiger partial charge in [0, 0.05) is 12.6 Å². The van der Waals surface area contributed by atoms with E-state index in [9.17, 15) is 4.39 Å². The van der Waals surface area contributed by atoms with Gasteiger partial charge in [0.15, 0.2) is 0 Å². The first kappa shape index (κ1) is 8.23. The first-order valence-corrected chi connectivity index (χ1v) is 4.89. The van der Waals surface area contributed by atoms with Crippen LogP contribution in [0.3, 0.4) is 0 Å². The van der Waals surface area contributed by atoms with Gasteiger partial charge in [0.05, 0.1) is 16.7 Å². The fourth-order valence-electron chi connectivity index (χ4n) is 1.66. The summed E-state index contributed by atoms with van der Waals surface area (Å²) >= 11 is 3.32. The smallest absolute Gasteiger partial charge is 0.102 e. The molecule has 1 saturated carbocycles. The summed E-state index contributed by atoms with van der Waals surface area (Å²) in [6, 6.07) is 0.270. The van der Waals surface area contributed by atoms with Crippen LogP contribution in [-0.2, 0) is 0 Å². The summed E-state index contributed by atoms with van der Waals surface area (Å²) < 4.78 is 15.6. The number of aromatic nitrogens is 2. The van der Waals surface area contributed by atoms with E-state index >= 15 is 0 Å². The van der Waals surface area contributed by atoms with Crippen LogP contribution in [0.4, 0.5) is 4.39 Å². The van der Waals surface area contributed by atoms with Crippen molar-refractivity contribution in [3.8, 4) is 0 Å². The third-order valence-electron chi connectivity index (χ3n) is 2.29. The molecule has 0 N–H and O–H groups in total. The zero-order chi connectivity index (χ0) is 8.55. The Morgan fingerprint density at radius 2 is 2.42 bits per heavy atom. The summed E-state index contributed by atoms with van der Waals surface area (Å²) in [5, 5.41) is 4.14. The summed E-state index contributed by atoms with van der Waals surface area (Å²) in [5.41, 5.74) is 0. The van der Waals surface area contributed by atoms with Crippen LogP contribution in [0.1, 0.15) is 25.3 Å². The molecule has 1 aliphatic carbocycles. The molecular weight excluding hydrogens is 223 g/mol. The minimum Gasteiger partial charge on any atom is -0.268 e. The van der Waals surface area contributed by atoms with E-state index in [4.69, 9.17) is 0 Å². The van der Waals surface area contributed by atoms with E-state index < -0.39 is 6.17 Å². The van der Waals surface area contributed by atoms with Crippen LogP contribution in [0.15, 0.2) is 16.9 Å². The third-order valence-corrected chi connectivity index (χ3v) is 2.69. The van der Waals surface area contributed by atoms with Gasteiger partial charge in [-0.05, 0) is 28.8 Å².